The highest BCUT2D eigenvalue weighted by molar-refractivity contribution is 14.0. The number of nitrogens with zero attached hydrogens (tertiary/aromatic N) is 2. The molecule has 0 aliphatic heterocycles. The number of hydrogen-bond donors (Lipinski definition) is 2. The molecule has 2 aromatic rings. The summed E-state index contributed by atoms with van der Waals surface area (Å²) >= 11 is 1.62. The van der Waals surface area contributed by atoms with Crippen molar-refractivity contribution in [1.29, 1.82) is 0 Å². The molecule has 26 heavy (non-hydrogen) atoms. The first kappa shape index (κ1) is 22.5. The van der Waals surface area contributed by atoms with Crippen LogP contribution in [0.2, 0.25) is 0 Å². The van der Waals surface area contributed by atoms with Gasteiger partial charge in [-0.05, 0) is 19.1 Å². The van der Waals surface area contributed by atoms with Crippen molar-refractivity contribution in [3.8, 4) is 5.75 Å². The summed E-state index contributed by atoms with van der Waals surface area (Å²) < 4.78 is 43.1. The zero-order chi connectivity index (χ0) is 18.2. The SMILES string of the molecule is CN=C(NCCc1ncc(C)s1)NCc1c(F)cccc1OC(F)F.I. The number of benzene rings is 1. The number of aromatic nitrogens is 1. The Hall–Kier alpha value is -1.56. The monoisotopic (exact) mass is 500 g/mol. The smallest absolute Gasteiger partial charge is 0.387 e. The maximum absolute atomic E-state index is 13.9. The van der Waals surface area contributed by atoms with Crippen molar-refractivity contribution in [1.82, 2.24) is 15.6 Å². The number of nitrogens with one attached hydrogen (secondary N) is 2. The van der Waals surface area contributed by atoms with Gasteiger partial charge in [0.15, 0.2) is 5.96 Å². The van der Waals surface area contributed by atoms with E-state index in [1.165, 1.54) is 18.2 Å². The van der Waals surface area contributed by atoms with Crippen LogP contribution >= 0.6 is 35.3 Å². The zero-order valence-electron chi connectivity index (χ0n) is 14.3. The Morgan fingerprint density at radius 1 is 1.35 bits per heavy atom. The first-order chi connectivity index (χ1) is 12.0. The van der Waals surface area contributed by atoms with Crippen LogP contribution in [0.15, 0.2) is 29.4 Å². The molecule has 2 N–H and O–H groups in total. The van der Waals surface area contributed by atoms with Crippen LogP contribution in [0.5, 0.6) is 5.75 Å². The van der Waals surface area contributed by atoms with E-state index in [0.29, 0.717) is 12.5 Å². The first-order valence-corrected chi connectivity index (χ1v) is 8.39. The van der Waals surface area contributed by atoms with Crippen LogP contribution < -0.4 is 15.4 Å². The predicted octanol–water partition coefficient (Wildman–Crippen LogP) is 3.72. The highest BCUT2D eigenvalue weighted by Crippen LogP contribution is 2.23. The third-order valence-electron chi connectivity index (χ3n) is 3.25. The Kier molecular flexibility index (Phi) is 9.70. The number of guanidine groups is 1. The average molecular weight is 500 g/mol. The summed E-state index contributed by atoms with van der Waals surface area (Å²) in [7, 11) is 1.57. The minimum atomic E-state index is -3.01. The Morgan fingerprint density at radius 2 is 2.12 bits per heavy atom. The number of hydrogen-bond acceptors (Lipinski definition) is 4. The van der Waals surface area contributed by atoms with E-state index in [1.54, 1.807) is 18.4 Å². The molecule has 1 aromatic heterocycles. The summed E-state index contributed by atoms with van der Waals surface area (Å²) in [4.78, 5) is 9.43. The van der Waals surface area contributed by atoms with Crippen molar-refractivity contribution in [2.24, 2.45) is 4.99 Å². The second-order valence-electron chi connectivity index (χ2n) is 5.06. The van der Waals surface area contributed by atoms with E-state index < -0.39 is 12.4 Å². The van der Waals surface area contributed by atoms with Gasteiger partial charge in [0.1, 0.15) is 11.6 Å². The second-order valence-corrected chi connectivity index (χ2v) is 6.38. The van der Waals surface area contributed by atoms with E-state index in [9.17, 15) is 13.2 Å². The normalized spacial score (nSPS) is 11.2. The molecule has 2 rings (SSSR count). The molecule has 10 heteroatoms. The average Bonchev–Trinajstić information content (AvgIpc) is 2.97. The molecule has 0 saturated heterocycles. The van der Waals surface area contributed by atoms with Crippen molar-refractivity contribution < 1.29 is 17.9 Å². The summed E-state index contributed by atoms with van der Waals surface area (Å²) in [6.07, 6.45) is 2.54. The molecular weight excluding hydrogens is 480 g/mol. The van der Waals surface area contributed by atoms with Gasteiger partial charge in [-0.2, -0.15) is 8.78 Å². The molecule has 0 amide bonds. The molecule has 0 radical (unpaired) electrons. The topological polar surface area (TPSA) is 58.5 Å². The number of aliphatic imine (C=N–C) groups is 1. The largest absolute Gasteiger partial charge is 0.434 e. The van der Waals surface area contributed by atoms with Crippen LogP contribution in [0.3, 0.4) is 0 Å². The van der Waals surface area contributed by atoms with Gasteiger partial charge in [0.2, 0.25) is 0 Å². The van der Waals surface area contributed by atoms with Crippen molar-refractivity contribution in [2.75, 3.05) is 13.6 Å². The highest BCUT2D eigenvalue weighted by atomic mass is 127. The molecule has 0 bridgehead atoms. The molecule has 0 aliphatic carbocycles. The van der Waals surface area contributed by atoms with Gasteiger partial charge in [-0.3, -0.25) is 4.99 Å². The van der Waals surface area contributed by atoms with Gasteiger partial charge in [0.25, 0.3) is 0 Å². The maximum atomic E-state index is 13.9. The van der Waals surface area contributed by atoms with Crippen LogP contribution in [0.4, 0.5) is 13.2 Å². The molecule has 0 fully saturated rings. The van der Waals surface area contributed by atoms with E-state index in [1.807, 2.05) is 13.1 Å². The first-order valence-electron chi connectivity index (χ1n) is 7.57. The maximum Gasteiger partial charge on any atom is 0.387 e. The number of alkyl halides is 2. The summed E-state index contributed by atoms with van der Waals surface area (Å²) in [5.74, 6) is -0.393. The van der Waals surface area contributed by atoms with Gasteiger partial charge >= 0.3 is 6.61 Å². The molecule has 0 saturated carbocycles. The lowest BCUT2D eigenvalue weighted by Gasteiger charge is -2.15. The molecular formula is C16H20F3IN4OS. The fourth-order valence-corrected chi connectivity index (χ4v) is 2.90. The number of ether oxygens (including phenoxy) is 1. The molecule has 1 heterocycles. The van der Waals surface area contributed by atoms with Crippen molar-refractivity contribution in [2.45, 2.75) is 26.5 Å². The van der Waals surface area contributed by atoms with Gasteiger partial charge in [-0.15, -0.1) is 35.3 Å². The second kappa shape index (κ2) is 11.2. The van der Waals surface area contributed by atoms with E-state index >= 15 is 0 Å². The van der Waals surface area contributed by atoms with Crippen LogP contribution in [0, 0.1) is 12.7 Å². The van der Waals surface area contributed by atoms with Crippen molar-refractivity contribution >= 4 is 41.3 Å². The van der Waals surface area contributed by atoms with E-state index in [4.69, 9.17) is 0 Å². The number of aryl methyl sites for hydroxylation is 1. The van der Waals surface area contributed by atoms with E-state index in [-0.39, 0.29) is 41.8 Å². The van der Waals surface area contributed by atoms with E-state index in [0.717, 1.165) is 16.3 Å². The van der Waals surface area contributed by atoms with Crippen molar-refractivity contribution in [3.63, 3.8) is 0 Å². The summed E-state index contributed by atoms with van der Waals surface area (Å²) in [6, 6.07) is 3.81. The summed E-state index contributed by atoms with van der Waals surface area (Å²) in [6.45, 7) is -0.475. The fourth-order valence-electron chi connectivity index (χ4n) is 2.11. The van der Waals surface area contributed by atoms with Gasteiger partial charge < -0.3 is 15.4 Å². The zero-order valence-corrected chi connectivity index (χ0v) is 17.4. The molecule has 5 nitrogen and oxygen atoms in total. The predicted molar refractivity (Wildman–Crippen MR) is 107 cm³/mol. The third-order valence-corrected chi connectivity index (χ3v) is 4.22. The molecule has 1 aromatic carbocycles. The minimum absolute atomic E-state index is 0. The summed E-state index contributed by atoms with van der Waals surface area (Å²) in [5, 5.41) is 6.96. The number of halogens is 4. The molecule has 0 spiro atoms. The van der Waals surface area contributed by atoms with Crippen LogP contribution in [0.25, 0.3) is 0 Å². The van der Waals surface area contributed by atoms with E-state index in [2.05, 4.69) is 25.3 Å². The Balaban J connectivity index is 0.00000338. The highest BCUT2D eigenvalue weighted by Gasteiger charge is 2.14. The fraction of sp³-hybridized carbons (Fsp3) is 0.375. The summed E-state index contributed by atoms with van der Waals surface area (Å²) in [5.41, 5.74) is 0.0151. The Bertz CT molecular complexity index is 727. The third kappa shape index (κ3) is 6.98. The number of rotatable bonds is 7. The molecule has 0 atom stereocenters. The molecule has 0 unspecified atom stereocenters. The molecule has 0 aliphatic rings. The van der Waals surface area contributed by atoms with Gasteiger partial charge in [0, 0.05) is 43.2 Å². The van der Waals surface area contributed by atoms with Crippen LogP contribution in [0.1, 0.15) is 15.4 Å². The Labute approximate surface area is 171 Å². The number of thiazole rings is 1. The lowest BCUT2D eigenvalue weighted by atomic mass is 10.2. The molecule has 144 valence electrons. The van der Waals surface area contributed by atoms with Crippen LogP contribution in [-0.2, 0) is 13.0 Å². The quantitative estimate of drug-likeness (QED) is 0.346. The van der Waals surface area contributed by atoms with Crippen LogP contribution in [-0.4, -0.2) is 31.1 Å². The minimum Gasteiger partial charge on any atom is -0.434 e. The van der Waals surface area contributed by atoms with Gasteiger partial charge in [-0.1, -0.05) is 6.07 Å². The lowest BCUT2D eigenvalue weighted by Crippen LogP contribution is -2.38. The van der Waals surface area contributed by atoms with Gasteiger partial charge in [0.05, 0.1) is 5.01 Å². The van der Waals surface area contributed by atoms with Crippen molar-refractivity contribution in [3.05, 3.63) is 45.7 Å². The van der Waals surface area contributed by atoms with Gasteiger partial charge in [-0.25, -0.2) is 9.37 Å². The Morgan fingerprint density at radius 3 is 2.73 bits per heavy atom. The standard InChI is InChI=1S/C16H19F3N4OS.HI/c1-10-8-22-14(25-10)6-7-21-16(20-2)23-9-11-12(17)4-3-5-13(11)24-15(18)19;/h3-5,8,15H,6-7,9H2,1-2H3,(H2,20,21,23);1H. The lowest BCUT2D eigenvalue weighted by molar-refractivity contribution is -0.0506.